The second-order valence-electron chi connectivity index (χ2n) is 8.33. The van der Waals surface area contributed by atoms with Gasteiger partial charge in [-0.1, -0.05) is 0 Å². The zero-order valence-corrected chi connectivity index (χ0v) is 20.4. The van der Waals surface area contributed by atoms with Crippen molar-refractivity contribution in [3.63, 3.8) is 0 Å². The first-order valence-electron chi connectivity index (χ1n) is 11.9. The molecule has 1 atom stereocenters. The van der Waals surface area contributed by atoms with Crippen LogP contribution in [0.3, 0.4) is 0 Å². The van der Waals surface area contributed by atoms with Crippen molar-refractivity contribution < 1.29 is 33.6 Å². The van der Waals surface area contributed by atoms with Gasteiger partial charge in [-0.3, -0.25) is 4.79 Å². The number of hydrogen-bond acceptors (Lipinski definition) is 9. The van der Waals surface area contributed by atoms with Crippen LogP contribution in [0.4, 0.5) is 0 Å². The summed E-state index contributed by atoms with van der Waals surface area (Å²) in [6.07, 6.45) is 3.99. The van der Waals surface area contributed by atoms with E-state index in [1.165, 1.54) is 26.4 Å². The quantitative estimate of drug-likeness (QED) is 0.267. The van der Waals surface area contributed by atoms with Gasteiger partial charge in [-0.15, -0.1) is 0 Å². The summed E-state index contributed by atoms with van der Waals surface area (Å²) in [5, 5.41) is 9.32. The summed E-state index contributed by atoms with van der Waals surface area (Å²) < 4.78 is 21.7. The molecule has 34 heavy (non-hydrogen) atoms. The number of carbonyl (C=O) groups is 2. The summed E-state index contributed by atoms with van der Waals surface area (Å²) in [6.45, 7) is 7.64. The molecule has 1 aliphatic heterocycles. The van der Waals surface area contributed by atoms with Gasteiger partial charge in [0.05, 0.1) is 26.4 Å². The van der Waals surface area contributed by atoms with Gasteiger partial charge in [-0.25, -0.2) is 4.79 Å². The molecule has 2 rings (SSSR count). The monoisotopic (exact) mass is 481 g/mol. The van der Waals surface area contributed by atoms with Crippen LogP contribution in [0.15, 0.2) is 12.1 Å². The molecule has 10 nitrogen and oxygen atoms in total. The van der Waals surface area contributed by atoms with Crippen LogP contribution in [0, 0.1) is 0 Å². The van der Waals surface area contributed by atoms with Gasteiger partial charge in [0.2, 0.25) is 5.75 Å². The molecule has 0 bridgehead atoms. The molecule has 192 valence electrons. The van der Waals surface area contributed by atoms with Crippen LogP contribution in [-0.4, -0.2) is 100 Å². The van der Waals surface area contributed by atoms with E-state index in [-0.39, 0.29) is 11.7 Å². The van der Waals surface area contributed by atoms with Crippen molar-refractivity contribution in [2.75, 3.05) is 66.6 Å². The van der Waals surface area contributed by atoms with Crippen molar-refractivity contribution in [3.8, 4) is 17.2 Å². The lowest BCUT2D eigenvalue weighted by molar-refractivity contribution is -0.134. The predicted molar refractivity (Wildman–Crippen MR) is 128 cm³/mol. The Morgan fingerprint density at radius 1 is 1.06 bits per heavy atom. The van der Waals surface area contributed by atoms with Crippen LogP contribution >= 0.6 is 0 Å². The molecule has 3 N–H and O–H groups in total. The van der Waals surface area contributed by atoms with Crippen LogP contribution in [0.2, 0.25) is 0 Å². The average Bonchev–Trinajstić information content (AvgIpc) is 3.08. The van der Waals surface area contributed by atoms with E-state index in [4.69, 9.17) is 24.7 Å². The molecular weight excluding hydrogens is 442 g/mol. The minimum absolute atomic E-state index is 0.0499. The summed E-state index contributed by atoms with van der Waals surface area (Å²) >= 11 is 0. The maximum absolute atomic E-state index is 11.4. The van der Waals surface area contributed by atoms with Crippen molar-refractivity contribution in [1.82, 2.24) is 9.80 Å². The summed E-state index contributed by atoms with van der Waals surface area (Å²) in [5.74, 6) is -0.148. The topological polar surface area (TPSA) is 124 Å². The number of aromatic carboxylic acids is 1. The molecule has 1 aromatic carbocycles. The molecule has 1 unspecified atom stereocenters. The number of nitrogens with zero attached hydrogens (tertiary/aromatic N) is 2. The van der Waals surface area contributed by atoms with Gasteiger partial charge in [0.1, 0.15) is 6.10 Å². The first kappa shape index (κ1) is 27.7. The molecule has 1 saturated heterocycles. The average molecular weight is 482 g/mol. The Labute approximate surface area is 201 Å². The minimum atomic E-state index is -1.08. The third-order valence-corrected chi connectivity index (χ3v) is 5.99. The lowest BCUT2D eigenvalue weighted by Crippen LogP contribution is -2.33. The van der Waals surface area contributed by atoms with E-state index < -0.39 is 5.97 Å². The highest BCUT2D eigenvalue weighted by Crippen LogP contribution is 2.38. The molecule has 0 spiro atoms. The molecule has 1 heterocycles. The van der Waals surface area contributed by atoms with Crippen molar-refractivity contribution >= 4 is 12.4 Å². The fourth-order valence-corrected chi connectivity index (χ4v) is 4.13. The minimum Gasteiger partial charge on any atom is -0.493 e. The number of rotatable bonds is 16. The molecule has 0 saturated carbocycles. The normalized spacial score (nSPS) is 15.9. The number of hydrogen-bond donors (Lipinski definition) is 2. The van der Waals surface area contributed by atoms with E-state index in [2.05, 4.69) is 9.80 Å². The maximum Gasteiger partial charge on any atom is 0.335 e. The molecule has 0 aromatic heterocycles. The number of methoxy groups -OCH3 is 2. The van der Waals surface area contributed by atoms with Crippen molar-refractivity contribution in [1.29, 1.82) is 0 Å². The molecule has 1 aliphatic rings. The highest BCUT2D eigenvalue weighted by Gasteiger charge is 2.19. The van der Waals surface area contributed by atoms with Crippen molar-refractivity contribution in [2.45, 2.75) is 38.2 Å². The molecule has 1 fully saturated rings. The first-order valence-corrected chi connectivity index (χ1v) is 11.9. The van der Waals surface area contributed by atoms with Gasteiger partial charge in [-0.2, -0.15) is 0 Å². The highest BCUT2D eigenvalue weighted by molar-refractivity contribution is 5.89. The molecule has 0 amide bonds. The Morgan fingerprint density at radius 3 is 2.38 bits per heavy atom. The van der Waals surface area contributed by atoms with E-state index in [1.807, 2.05) is 0 Å². The Balaban J connectivity index is 1.82. The van der Waals surface area contributed by atoms with Gasteiger partial charge in [0.15, 0.2) is 11.5 Å². The second kappa shape index (κ2) is 15.4. The molecule has 0 radical (unpaired) electrons. The molecule has 0 aliphatic carbocycles. The molecule has 10 heteroatoms. The number of carboxylic acids is 1. The lowest BCUT2D eigenvalue weighted by Gasteiger charge is -2.23. The largest absolute Gasteiger partial charge is 0.493 e. The fraction of sp³-hybridized carbons (Fsp3) is 0.667. The number of carboxylic acid groups (broad SMARTS) is 1. The van der Waals surface area contributed by atoms with Crippen molar-refractivity contribution in [2.24, 2.45) is 5.73 Å². The van der Waals surface area contributed by atoms with Gasteiger partial charge in [0.25, 0.3) is 6.47 Å². The third kappa shape index (κ3) is 9.00. The number of carbonyl (C=O) groups excluding carboxylic acids is 1. The van der Waals surface area contributed by atoms with Crippen LogP contribution in [-0.2, 0) is 9.53 Å². The predicted octanol–water partition coefficient (Wildman–Crippen LogP) is 1.85. The zero-order chi connectivity index (χ0) is 24.8. The summed E-state index contributed by atoms with van der Waals surface area (Å²) in [6, 6.07) is 2.81. The van der Waals surface area contributed by atoms with E-state index in [9.17, 15) is 14.7 Å². The Morgan fingerprint density at radius 2 is 1.76 bits per heavy atom. The Kier molecular flexibility index (Phi) is 12.5. The van der Waals surface area contributed by atoms with Crippen LogP contribution in [0.5, 0.6) is 17.2 Å². The van der Waals surface area contributed by atoms with E-state index in [0.29, 0.717) is 43.2 Å². The summed E-state index contributed by atoms with van der Waals surface area (Å²) in [7, 11) is 2.91. The number of benzene rings is 1. The Bertz CT molecular complexity index is 762. The van der Waals surface area contributed by atoms with Gasteiger partial charge >= 0.3 is 5.97 Å². The Hall–Kier alpha value is -2.56. The van der Waals surface area contributed by atoms with E-state index in [0.717, 1.165) is 65.1 Å². The van der Waals surface area contributed by atoms with Crippen LogP contribution in [0.1, 0.15) is 42.5 Å². The standard InChI is InChI=1S/C24H39N3O7/c1-31-21-16-19(24(29)30)17-22(23(21)32-2)33-15-3-6-20(34-18-28)7-12-27-11-5-10-26(13-14-27)9-4-8-25/h16-18,20H,3-15,25H2,1-2H3,(H,29,30). The van der Waals surface area contributed by atoms with E-state index in [1.54, 1.807) is 0 Å². The summed E-state index contributed by atoms with van der Waals surface area (Å²) in [5.41, 5.74) is 5.68. The third-order valence-electron chi connectivity index (χ3n) is 5.99. The van der Waals surface area contributed by atoms with Crippen molar-refractivity contribution in [3.05, 3.63) is 17.7 Å². The van der Waals surface area contributed by atoms with Gasteiger partial charge in [0, 0.05) is 19.6 Å². The van der Waals surface area contributed by atoms with Gasteiger partial charge < -0.3 is 39.6 Å². The highest BCUT2D eigenvalue weighted by atomic mass is 16.5. The first-order chi connectivity index (χ1) is 16.5. The SMILES string of the molecule is COc1cc(C(=O)O)cc(OCCCC(CCN2CCCN(CCCN)CC2)OC=O)c1OC. The number of ether oxygens (including phenoxy) is 4. The molecular formula is C24H39N3O7. The fourth-order valence-electron chi connectivity index (χ4n) is 4.13. The van der Waals surface area contributed by atoms with Crippen LogP contribution < -0.4 is 19.9 Å². The summed E-state index contributed by atoms with van der Waals surface area (Å²) in [4.78, 5) is 27.3. The lowest BCUT2D eigenvalue weighted by atomic mass is 10.1. The zero-order valence-electron chi connectivity index (χ0n) is 20.4. The maximum atomic E-state index is 11.4. The van der Waals surface area contributed by atoms with Crippen LogP contribution in [0.25, 0.3) is 0 Å². The second-order valence-corrected chi connectivity index (χ2v) is 8.33. The number of nitrogens with two attached hydrogens (primary N) is 1. The smallest absolute Gasteiger partial charge is 0.335 e. The van der Waals surface area contributed by atoms with Gasteiger partial charge in [-0.05, 0) is 70.4 Å². The van der Waals surface area contributed by atoms with E-state index >= 15 is 0 Å². The molecule has 1 aromatic rings.